The summed E-state index contributed by atoms with van der Waals surface area (Å²) in [5.74, 6) is 0.423. The van der Waals surface area contributed by atoms with E-state index < -0.39 is 10.2 Å². The van der Waals surface area contributed by atoms with E-state index in [-0.39, 0.29) is 17.0 Å². The number of carbonyl (C=O) groups excluding carboxylic acids is 1. The van der Waals surface area contributed by atoms with Gasteiger partial charge >= 0.3 is 10.2 Å². The van der Waals surface area contributed by atoms with Crippen LogP contribution in [0.4, 0.5) is 9.57 Å². The molecule has 0 bridgehead atoms. The third-order valence-electron chi connectivity index (χ3n) is 2.37. The number of halogens is 1. The summed E-state index contributed by atoms with van der Waals surface area (Å²) in [4.78, 5) is 11.5. The quantitative estimate of drug-likeness (QED) is 0.640. The molecule has 0 spiro atoms. The molecule has 1 rings (SSSR count). The Labute approximate surface area is 116 Å². The molecule has 0 aliphatic heterocycles. The van der Waals surface area contributed by atoms with Gasteiger partial charge in [0, 0.05) is 17.8 Å². The van der Waals surface area contributed by atoms with Gasteiger partial charge in [-0.05, 0) is 13.0 Å². The summed E-state index contributed by atoms with van der Waals surface area (Å²) in [5, 5.41) is 2.86. The predicted molar refractivity (Wildman–Crippen MR) is 72.3 cm³/mol. The fourth-order valence-electron chi connectivity index (χ4n) is 1.49. The number of methoxy groups -OCH3 is 2. The van der Waals surface area contributed by atoms with Crippen molar-refractivity contribution in [3.63, 3.8) is 0 Å². The first-order chi connectivity index (χ1) is 9.28. The molecule has 1 aromatic rings. The van der Waals surface area contributed by atoms with Gasteiger partial charge in [0.2, 0.25) is 0 Å². The first kappa shape index (κ1) is 16.0. The Bertz CT molecular complexity index is 639. The lowest BCUT2D eigenvalue weighted by Crippen LogP contribution is -2.02. The number of ether oxygens (including phenoxy) is 2. The van der Waals surface area contributed by atoms with Crippen LogP contribution in [0.25, 0.3) is 0 Å². The molecule has 0 heterocycles. The van der Waals surface area contributed by atoms with E-state index in [1.54, 1.807) is 0 Å². The van der Waals surface area contributed by atoms with Gasteiger partial charge in [-0.25, -0.2) is 0 Å². The third-order valence-corrected chi connectivity index (χ3v) is 2.83. The van der Waals surface area contributed by atoms with Gasteiger partial charge in [-0.15, -0.1) is 3.89 Å². The zero-order valence-corrected chi connectivity index (χ0v) is 12.0. The Morgan fingerprint density at radius 3 is 2.25 bits per heavy atom. The molecule has 0 aliphatic rings. The summed E-state index contributed by atoms with van der Waals surface area (Å²) in [7, 11) is -1.91. The molecule has 0 atom stereocenters. The standard InChI is InChI=1S/C12H14FNO5S/c1-8(15)9-6-11(18-2)12(19-3)7-10(9)14-4-5-20(13,16)17/h4-7,14H,1-3H3/b5-4+. The molecule has 0 fully saturated rings. The molecule has 8 heteroatoms. The van der Waals surface area contributed by atoms with E-state index in [0.29, 0.717) is 16.9 Å². The lowest BCUT2D eigenvalue weighted by Gasteiger charge is -2.13. The van der Waals surface area contributed by atoms with Crippen LogP contribution in [0.2, 0.25) is 0 Å². The summed E-state index contributed by atoms with van der Waals surface area (Å²) in [5.41, 5.74) is 0.526. The van der Waals surface area contributed by atoms with E-state index in [0.717, 1.165) is 6.20 Å². The number of anilines is 1. The highest BCUT2D eigenvalue weighted by atomic mass is 32.3. The number of hydrogen-bond acceptors (Lipinski definition) is 6. The monoisotopic (exact) mass is 303 g/mol. The molecule has 0 aromatic heterocycles. The van der Waals surface area contributed by atoms with E-state index in [4.69, 9.17) is 9.47 Å². The Morgan fingerprint density at radius 1 is 1.25 bits per heavy atom. The average molecular weight is 303 g/mol. The Morgan fingerprint density at radius 2 is 1.80 bits per heavy atom. The zero-order chi connectivity index (χ0) is 15.3. The largest absolute Gasteiger partial charge is 0.493 e. The van der Waals surface area contributed by atoms with Crippen molar-refractivity contribution in [1.82, 2.24) is 0 Å². The molecule has 0 unspecified atom stereocenters. The van der Waals surface area contributed by atoms with E-state index in [9.17, 15) is 17.1 Å². The van der Waals surface area contributed by atoms with Crippen molar-refractivity contribution in [2.75, 3.05) is 19.5 Å². The second-order valence-electron chi connectivity index (χ2n) is 3.73. The Hall–Kier alpha value is -2.09. The molecule has 0 amide bonds. The minimum Gasteiger partial charge on any atom is -0.493 e. The summed E-state index contributed by atoms with van der Waals surface area (Å²) in [6, 6.07) is 2.89. The highest BCUT2D eigenvalue weighted by Crippen LogP contribution is 2.33. The van der Waals surface area contributed by atoms with Crippen molar-refractivity contribution >= 4 is 21.7 Å². The lowest BCUT2D eigenvalue weighted by atomic mass is 10.1. The van der Waals surface area contributed by atoms with Crippen LogP contribution in [0, 0.1) is 0 Å². The number of rotatable bonds is 6. The van der Waals surface area contributed by atoms with Gasteiger partial charge in [-0.3, -0.25) is 4.79 Å². The molecule has 0 saturated heterocycles. The van der Waals surface area contributed by atoms with Gasteiger partial charge in [0.1, 0.15) is 0 Å². The fraction of sp³-hybridized carbons (Fsp3) is 0.250. The number of ketones is 1. The highest BCUT2D eigenvalue weighted by molar-refractivity contribution is 7.89. The maximum atomic E-state index is 12.3. The Balaban J connectivity index is 3.22. The SMILES string of the molecule is COc1cc(N/C=C/S(=O)(=O)F)c(C(C)=O)cc1OC. The highest BCUT2D eigenvalue weighted by Gasteiger charge is 2.13. The molecular weight excluding hydrogens is 289 g/mol. The number of hydrogen-bond donors (Lipinski definition) is 1. The van der Waals surface area contributed by atoms with E-state index in [1.807, 2.05) is 0 Å². The molecule has 6 nitrogen and oxygen atoms in total. The first-order valence-electron chi connectivity index (χ1n) is 5.43. The van der Waals surface area contributed by atoms with Crippen molar-refractivity contribution in [2.45, 2.75) is 6.92 Å². The van der Waals surface area contributed by atoms with Crippen LogP contribution in [-0.2, 0) is 10.2 Å². The van der Waals surface area contributed by atoms with Crippen LogP contribution in [-0.4, -0.2) is 28.4 Å². The molecule has 20 heavy (non-hydrogen) atoms. The fourth-order valence-corrected chi connectivity index (χ4v) is 1.73. The molecule has 0 saturated carbocycles. The molecule has 1 aromatic carbocycles. The maximum Gasteiger partial charge on any atom is 0.326 e. The first-order valence-corrected chi connectivity index (χ1v) is 6.88. The van der Waals surface area contributed by atoms with Crippen LogP contribution in [0.15, 0.2) is 23.7 Å². The molecular formula is C12H14FNO5S. The van der Waals surface area contributed by atoms with Crippen LogP contribution < -0.4 is 14.8 Å². The number of benzene rings is 1. The number of nitrogens with one attached hydrogen (secondary N) is 1. The third kappa shape index (κ3) is 4.23. The van der Waals surface area contributed by atoms with Gasteiger partial charge in [-0.1, -0.05) is 0 Å². The van der Waals surface area contributed by atoms with Crippen LogP contribution in [0.1, 0.15) is 17.3 Å². The van der Waals surface area contributed by atoms with Gasteiger partial charge in [0.05, 0.1) is 25.3 Å². The summed E-state index contributed by atoms with van der Waals surface area (Å²) >= 11 is 0. The predicted octanol–water partition coefficient (Wildman–Crippen LogP) is 2.09. The minimum absolute atomic E-state index is 0.253. The van der Waals surface area contributed by atoms with Crippen molar-refractivity contribution in [3.05, 3.63) is 29.3 Å². The molecule has 1 N–H and O–H groups in total. The van der Waals surface area contributed by atoms with Crippen molar-refractivity contribution in [3.8, 4) is 11.5 Å². The van der Waals surface area contributed by atoms with E-state index >= 15 is 0 Å². The van der Waals surface area contributed by atoms with Crippen LogP contribution in [0.5, 0.6) is 11.5 Å². The van der Waals surface area contributed by atoms with Crippen molar-refractivity contribution in [2.24, 2.45) is 0 Å². The van der Waals surface area contributed by atoms with Crippen LogP contribution in [0.3, 0.4) is 0 Å². The number of Topliss-reactive ketones (excluding diaryl/α,β-unsaturated/α-hetero) is 1. The van der Waals surface area contributed by atoms with Gasteiger partial charge in [-0.2, -0.15) is 8.42 Å². The summed E-state index contributed by atoms with van der Waals surface area (Å²) in [6.07, 6.45) is 0.878. The molecule has 0 aliphatic carbocycles. The second-order valence-corrected chi connectivity index (χ2v) is 4.95. The maximum absolute atomic E-state index is 12.3. The van der Waals surface area contributed by atoms with Gasteiger partial charge in [0.25, 0.3) is 0 Å². The molecule has 110 valence electrons. The lowest BCUT2D eigenvalue weighted by molar-refractivity contribution is 0.101. The van der Waals surface area contributed by atoms with Gasteiger partial charge in [0.15, 0.2) is 17.3 Å². The second kappa shape index (κ2) is 6.38. The molecule has 0 radical (unpaired) electrons. The van der Waals surface area contributed by atoms with Crippen molar-refractivity contribution < 1.29 is 26.6 Å². The smallest absolute Gasteiger partial charge is 0.326 e. The van der Waals surface area contributed by atoms with Gasteiger partial charge < -0.3 is 14.8 Å². The van der Waals surface area contributed by atoms with Crippen molar-refractivity contribution in [1.29, 1.82) is 0 Å². The zero-order valence-electron chi connectivity index (χ0n) is 11.1. The van der Waals surface area contributed by atoms with E-state index in [2.05, 4.69) is 5.32 Å². The minimum atomic E-state index is -4.74. The Kier molecular flexibility index (Phi) is 5.09. The normalized spacial score (nSPS) is 11.4. The van der Waals surface area contributed by atoms with Crippen LogP contribution >= 0.6 is 0 Å². The van der Waals surface area contributed by atoms with E-state index in [1.165, 1.54) is 33.3 Å². The summed E-state index contributed by atoms with van der Waals surface area (Å²) in [6.45, 7) is 1.34. The average Bonchev–Trinajstić information content (AvgIpc) is 2.36. The topological polar surface area (TPSA) is 81.7 Å². The summed E-state index contributed by atoms with van der Waals surface area (Å²) < 4.78 is 43.2. The number of carbonyl (C=O) groups is 1.